The van der Waals surface area contributed by atoms with E-state index in [1.807, 2.05) is 13.8 Å². The van der Waals surface area contributed by atoms with Crippen molar-refractivity contribution in [2.24, 2.45) is 7.05 Å². The number of aryl methyl sites for hydroxylation is 1. The van der Waals surface area contributed by atoms with E-state index in [4.69, 9.17) is 0 Å². The summed E-state index contributed by atoms with van der Waals surface area (Å²) in [4.78, 5) is 15.1. The second kappa shape index (κ2) is 9.75. The highest BCUT2D eigenvalue weighted by atomic mass is 19.4. The molecule has 7 nitrogen and oxygen atoms in total. The van der Waals surface area contributed by atoms with Crippen molar-refractivity contribution in [2.45, 2.75) is 82.1 Å². The van der Waals surface area contributed by atoms with Crippen LogP contribution < -0.4 is 15.5 Å². The number of rotatable bonds is 8. The fourth-order valence-corrected chi connectivity index (χ4v) is 6.62. The van der Waals surface area contributed by atoms with Gasteiger partial charge in [-0.25, -0.2) is 8.78 Å². The summed E-state index contributed by atoms with van der Waals surface area (Å²) in [6.07, 6.45) is -1.24. The molecule has 6 rings (SSSR count). The zero-order chi connectivity index (χ0) is 30.1. The van der Waals surface area contributed by atoms with Gasteiger partial charge in [0.1, 0.15) is 12.2 Å². The normalized spacial score (nSPS) is 20.2. The van der Waals surface area contributed by atoms with E-state index in [1.165, 1.54) is 11.2 Å². The Hall–Kier alpha value is -3.54. The van der Waals surface area contributed by atoms with Crippen LogP contribution >= 0.6 is 0 Å². The average molecular weight is 589 g/mol. The van der Waals surface area contributed by atoms with Crippen LogP contribution in [0.2, 0.25) is 0 Å². The van der Waals surface area contributed by atoms with Gasteiger partial charge in [-0.05, 0) is 80.1 Å². The maximum Gasteiger partial charge on any atom is 0.416 e. The van der Waals surface area contributed by atoms with Crippen LogP contribution in [0, 0.1) is 0 Å². The predicted octanol–water partition coefficient (Wildman–Crippen LogP) is 6.17. The van der Waals surface area contributed by atoms with Crippen LogP contribution in [0.25, 0.3) is 0 Å². The molecule has 1 amide bonds. The Morgan fingerprint density at radius 3 is 2.38 bits per heavy atom. The van der Waals surface area contributed by atoms with Crippen molar-refractivity contribution in [2.75, 3.05) is 16.8 Å². The van der Waals surface area contributed by atoms with Gasteiger partial charge in [0.15, 0.2) is 0 Å². The lowest BCUT2D eigenvalue weighted by molar-refractivity contribution is -0.138. The van der Waals surface area contributed by atoms with Crippen LogP contribution in [0.5, 0.6) is 0 Å². The van der Waals surface area contributed by atoms with Crippen molar-refractivity contribution >= 4 is 17.3 Å². The molecule has 0 atom stereocenters. The van der Waals surface area contributed by atoms with Crippen molar-refractivity contribution < 1.29 is 26.7 Å². The molecule has 2 aromatic carbocycles. The number of alkyl halides is 5. The van der Waals surface area contributed by atoms with Gasteiger partial charge < -0.3 is 20.1 Å². The SMILES string of the molecule is CCNc1cc(N2Cc3c(cc(CNC4(C)CCC4)cc3C(F)(F)F)C2=O)cc(C2(c3nncn3C)CC(F)(F)C2)c1. The standard InChI is InChI=1S/C30H33F5N6O/c1-4-36-20-10-19(28(15-29(31,32)16-28)26-39-38-17-40(26)3)11-21(12-20)41-14-23-22(25(41)42)8-18(9-24(23)30(33,34)35)13-37-27(2)6-5-7-27/h8-12,17,36-37H,4-7,13-16H2,1-3H3. The molecule has 12 heteroatoms. The lowest BCUT2D eigenvalue weighted by atomic mass is 9.61. The number of hydrogen-bond acceptors (Lipinski definition) is 5. The topological polar surface area (TPSA) is 75.1 Å². The molecule has 1 aliphatic heterocycles. The van der Waals surface area contributed by atoms with Crippen LogP contribution in [0.3, 0.4) is 0 Å². The highest BCUT2D eigenvalue weighted by Gasteiger charge is 2.60. The zero-order valence-corrected chi connectivity index (χ0v) is 23.7. The highest BCUT2D eigenvalue weighted by Crippen LogP contribution is 2.57. The van der Waals surface area contributed by atoms with Gasteiger partial charge in [-0.3, -0.25) is 4.79 Å². The van der Waals surface area contributed by atoms with Crippen molar-refractivity contribution in [1.29, 1.82) is 0 Å². The summed E-state index contributed by atoms with van der Waals surface area (Å²) in [6, 6.07) is 7.72. The van der Waals surface area contributed by atoms with Crippen molar-refractivity contribution in [3.8, 4) is 0 Å². The molecule has 1 aromatic heterocycles. The first kappa shape index (κ1) is 28.6. The van der Waals surface area contributed by atoms with E-state index in [1.54, 1.807) is 35.9 Å². The largest absolute Gasteiger partial charge is 0.416 e. The first-order chi connectivity index (χ1) is 19.7. The number of carbonyl (C=O) groups excluding carboxylic acids is 1. The number of benzene rings is 2. The average Bonchev–Trinajstić information content (AvgIpc) is 3.46. The first-order valence-corrected chi connectivity index (χ1v) is 14.2. The smallest absolute Gasteiger partial charge is 0.385 e. The number of nitrogens with zero attached hydrogens (tertiary/aromatic N) is 4. The van der Waals surface area contributed by atoms with Gasteiger partial charge in [-0.2, -0.15) is 13.2 Å². The van der Waals surface area contributed by atoms with E-state index in [9.17, 15) is 26.7 Å². The summed E-state index contributed by atoms with van der Waals surface area (Å²) in [5.74, 6) is -3.11. The molecule has 2 saturated carbocycles. The lowest BCUT2D eigenvalue weighted by Crippen LogP contribution is -2.51. The second-order valence-corrected chi connectivity index (χ2v) is 12.2. The highest BCUT2D eigenvalue weighted by molar-refractivity contribution is 6.10. The molecular weight excluding hydrogens is 555 g/mol. The third-order valence-corrected chi connectivity index (χ3v) is 9.01. The Labute approximate surface area is 240 Å². The summed E-state index contributed by atoms with van der Waals surface area (Å²) >= 11 is 0. The van der Waals surface area contributed by atoms with Crippen LogP contribution in [-0.4, -0.2) is 38.7 Å². The van der Waals surface area contributed by atoms with Gasteiger partial charge in [0.05, 0.1) is 17.5 Å². The minimum absolute atomic E-state index is 0.00832. The summed E-state index contributed by atoms with van der Waals surface area (Å²) in [7, 11) is 1.68. The molecule has 2 aliphatic carbocycles. The first-order valence-electron chi connectivity index (χ1n) is 14.2. The molecule has 0 spiro atoms. The fourth-order valence-electron chi connectivity index (χ4n) is 6.62. The molecule has 42 heavy (non-hydrogen) atoms. The van der Waals surface area contributed by atoms with Crippen molar-refractivity contribution in [1.82, 2.24) is 20.1 Å². The Bertz CT molecular complexity index is 1540. The number of fused-ring (bicyclic) bond motifs is 1. The molecule has 224 valence electrons. The van der Waals surface area contributed by atoms with E-state index < -0.39 is 41.8 Å². The van der Waals surface area contributed by atoms with Crippen molar-refractivity contribution in [3.05, 3.63) is 70.3 Å². The molecule has 0 radical (unpaired) electrons. The van der Waals surface area contributed by atoms with Gasteiger partial charge in [-0.15, -0.1) is 10.2 Å². The van der Waals surface area contributed by atoms with Gasteiger partial charge in [0.2, 0.25) is 0 Å². The Morgan fingerprint density at radius 2 is 1.81 bits per heavy atom. The van der Waals surface area contributed by atoms with E-state index >= 15 is 0 Å². The summed E-state index contributed by atoms with van der Waals surface area (Å²) in [6.45, 7) is 4.36. The van der Waals surface area contributed by atoms with Crippen LogP contribution in [0.1, 0.15) is 84.4 Å². The number of carbonyl (C=O) groups is 1. The van der Waals surface area contributed by atoms with Crippen LogP contribution in [-0.2, 0) is 31.7 Å². The lowest BCUT2D eigenvalue weighted by Gasteiger charge is -2.47. The van der Waals surface area contributed by atoms with Crippen LogP contribution in [0.15, 0.2) is 36.7 Å². The molecule has 0 bridgehead atoms. The van der Waals surface area contributed by atoms with E-state index in [-0.39, 0.29) is 29.8 Å². The Balaban J connectivity index is 1.40. The van der Waals surface area contributed by atoms with Gasteiger partial charge >= 0.3 is 6.18 Å². The van der Waals surface area contributed by atoms with E-state index in [0.717, 1.165) is 25.3 Å². The zero-order valence-electron chi connectivity index (χ0n) is 23.7. The molecule has 2 heterocycles. The molecule has 2 fully saturated rings. The maximum atomic E-state index is 14.4. The summed E-state index contributed by atoms with van der Waals surface area (Å²) in [5, 5.41) is 14.6. The van der Waals surface area contributed by atoms with Gasteiger partial charge in [0.25, 0.3) is 11.8 Å². The number of aromatic nitrogens is 3. The maximum absolute atomic E-state index is 14.4. The number of halogens is 5. The molecule has 0 unspecified atom stereocenters. The third-order valence-electron chi connectivity index (χ3n) is 9.01. The molecule has 3 aliphatic rings. The summed E-state index contributed by atoms with van der Waals surface area (Å²) in [5.41, 5.74) is -0.402. The number of anilines is 2. The third kappa shape index (κ3) is 4.83. The molecular formula is C30H33F5N6O. The quantitative estimate of drug-likeness (QED) is 0.308. The number of amides is 1. The van der Waals surface area contributed by atoms with E-state index in [0.29, 0.717) is 34.9 Å². The predicted molar refractivity (Wildman–Crippen MR) is 148 cm³/mol. The van der Waals surface area contributed by atoms with E-state index in [2.05, 4.69) is 20.8 Å². The number of hydrogen-bond donors (Lipinski definition) is 2. The van der Waals surface area contributed by atoms with Crippen LogP contribution in [0.4, 0.5) is 33.3 Å². The molecule has 3 aromatic rings. The molecule has 0 saturated heterocycles. The van der Waals surface area contributed by atoms with Crippen molar-refractivity contribution in [3.63, 3.8) is 0 Å². The summed E-state index contributed by atoms with van der Waals surface area (Å²) < 4.78 is 73.4. The van der Waals surface area contributed by atoms with Gasteiger partial charge in [-0.1, -0.05) is 0 Å². The Morgan fingerprint density at radius 1 is 1.07 bits per heavy atom. The second-order valence-electron chi connectivity index (χ2n) is 12.2. The monoisotopic (exact) mass is 588 g/mol. The minimum Gasteiger partial charge on any atom is -0.385 e. The van der Waals surface area contributed by atoms with Gasteiger partial charge in [0, 0.05) is 55.5 Å². The fraction of sp³-hybridized carbons (Fsp3) is 0.500. The molecule has 2 N–H and O–H groups in total. The minimum atomic E-state index is -4.65. The number of nitrogens with one attached hydrogen (secondary N) is 2. The Kier molecular flexibility index (Phi) is 6.63.